The summed E-state index contributed by atoms with van der Waals surface area (Å²) in [5.41, 5.74) is 0.939. The Morgan fingerprint density at radius 3 is 3.00 bits per heavy atom. The maximum absolute atomic E-state index is 6.26. The van der Waals surface area contributed by atoms with E-state index in [0.717, 1.165) is 30.3 Å². The van der Waals surface area contributed by atoms with Crippen molar-refractivity contribution in [3.8, 4) is 0 Å². The Morgan fingerprint density at radius 2 is 2.35 bits per heavy atom. The van der Waals surface area contributed by atoms with Gasteiger partial charge in [-0.05, 0) is 13.0 Å². The molecule has 3 heterocycles. The number of nitrogens with zero attached hydrogens (tertiary/aromatic N) is 4. The first kappa shape index (κ1) is 13.3. The number of aromatic amines is 1. The number of methoxy groups -OCH3 is 1. The fourth-order valence-electron chi connectivity index (χ4n) is 2.59. The molecule has 1 aliphatic rings. The lowest BCUT2D eigenvalue weighted by atomic mass is 10.2. The summed E-state index contributed by atoms with van der Waals surface area (Å²) in [5, 5.41) is 7.80. The SMILES string of the molecule is CO[C@@H]1C[C@@H](c2n[nH]c(C)n2)N(c2ccncc2Cl)C1. The fraction of sp³-hybridized carbons (Fsp3) is 0.462. The number of halogens is 1. The van der Waals surface area contributed by atoms with Gasteiger partial charge in [0.15, 0.2) is 5.82 Å². The van der Waals surface area contributed by atoms with Gasteiger partial charge in [0.25, 0.3) is 0 Å². The highest BCUT2D eigenvalue weighted by Gasteiger charge is 2.36. The van der Waals surface area contributed by atoms with Gasteiger partial charge in [0, 0.05) is 32.5 Å². The highest BCUT2D eigenvalue weighted by atomic mass is 35.5. The molecule has 1 aliphatic heterocycles. The van der Waals surface area contributed by atoms with E-state index in [1.165, 1.54) is 0 Å². The van der Waals surface area contributed by atoms with Crippen LogP contribution in [0, 0.1) is 6.92 Å². The van der Waals surface area contributed by atoms with E-state index in [9.17, 15) is 0 Å². The number of nitrogens with one attached hydrogen (secondary N) is 1. The zero-order chi connectivity index (χ0) is 14.1. The Balaban J connectivity index is 1.96. The van der Waals surface area contributed by atoms with Crippen molar-refractivity contribution in [3.05, 3.63) is 35.1 Å². The normalized spacial score (nSPS) is 22.4. The van der Waals surface area contributed by atoms with Crippen molar-refractivity contribution in [2.24, 2.45) is 0 Å². The topological polar surface area (TPSA) is 66.9 Å². The Bertz CT molecular complexity index is 602. The Kier molecular flexibility index (Phi) is 3.58. The van der Waals surface area contributed by atoms with E-state index >= 15 is 0 Å². The maximum atomic E-state index is 6.26. The van der Waals surface area contributed by atoms with Crippen LogP contribution in [0.1, 0.15) is 24.1 Å². The number of rotatable bonds is 3. The lowest BCUT2D eigenvalue weighted by Gasteiger charge is -2.25. The van der Waals surface area contributed by atoms with Crippen LogP contribution in [0.15, 0.2) is 18.5 Å². The summed E-state index contributed by atoms with van der Waals surface area (Å²) >= 11 is 6.26. The van der Waals surface area contributed by atoms with Crippen molar-refractivity contribution < 1.29 is 4.74 Å². The van der Waals surface area contributed by atoms with Crippen LogP contribution in [0.2, 0.25) is 5.02 Å². The van der Waals surface area contributed by atoms with Gasteiger partial charge in [-0.2, -0.15) is 5.10 Å². The standard InChI is InChI=1S/C13H16ClN5O/c1-8-16-13(18-17-8)12-5-9(20-2)7-19(12)11-3-4-15-6-10(11)14/h3-4,6,9,12H,5,7H2,1-2H3,(H,16,17,18)/t9-,12+/m1/s1. The largest absolute Gasteiger partial charge is 0.380 e. The van der Waals surface area contributed by atoms with Gasteiger partial charge in [0.1, 0.15) is 5.82 Å². The number of hydrogen-bond donors (Lipinski definition) is 1. The lowest BCUT2D eigenvalue weighted by molar-refractivity contribution is 0.118. The van der Waals surface area contributed by atoms with Gasteiger partial charge in [0.05, 0.1) is 22.9 Å². The highest BCUT2D eigenvalue weighted by Crippen LogP contribution is 2.38. The number of ether oxygens (including phenoxy) is 1. The van der Waals surface area contributed by atoms with E-state index in [0.29, 0.717) is 5.02 Å². The van der Waals surface area contributed by atoms with Crippen LogP contribution in [-0.4, -0.2) is 39.9 Å². The molecule has 106 valence electrons. The van der Waals surface area contributed by atoms with Crippen molar-refractivity contribution in [2.75, 3.05) is 18.6 Å². The Hall–Kier alpha value is -1.66. The van der Waals surface area contributed by atoms with Crippen molar-refractivity contribution >= 4 is 17.3 Å². The van der Waals surface area contributed by atoms with E-state index in [1.807, 2.05) is 13.0 Å². The van der Waals surface area contributed by atoms with Crippen LogP contribution >= 0.6 is 11.6 Å². The smallest absolute Gasteiger partial charge is 0.173 e. The van der Waals surface area contributed by atoms with Crippen LogP contribution in [0.4, 0.5) is 5.69 Å². The molecular formula is C13H16ClN5O. The molecule has 1 fully saturated rings. The third kappa shape index (κ3) is 2.36. The lowest BCUT2D eigenvalue weighted by Crippen LogP contribution is -2.25. The van der Waals surface area contributed by atoms with Crippen LogP contribution in [0.25, 0.3) is 0 Å². The minimum absolute atomic E-state index is 0.0600. The molecule has 3 rings (SSSR count). The summed E-state index contributed by atoms with van der Waals surface area (Å²) in [4.78, 5) is 10.7. The molecule has 1 saturated heterocycles. The van der Waals surface area contributed by atoms with Gasteiger partial charge in [0.2, 0.25) is 0 Å². The van der Waals surface area contributed by atoms with E-state index in [4.69, 9.17) is 16.3 Å². The second-order valence-electron chi connectivity index (χ2n) is 4.87. The van der Waals surface area contributed by atoms with Crippen LogP contribution in [0.3, 0.4) is 0 Å². The summed E-state index contributed by atoms with van der Waals surface area (Å²) in [5.74, 6) is 1.58. The summed E-state index contributed by atoms with van der Waals surface area (Å²) < 4.78 is 5.50. The maximum Gasteiger partial charge on any atom is 0.173 e. The summed E-state index contributed by atoms with van der Waals surface area (Å²) in [6.07, 6.45) is 4.37. The molecule has 0 spiro atoms. The number of H-pyrrole nitrogens is 1. The van der Waals surface area contributed by atoms with Gasteiger partial charge in [-0.3, -0.25) is 10.1 Å². The van der Waals surface area contributed by atoms with Gasteiger partial charge < -0.3 is 9.64 Å². The molecule has 0 bridgehead atoms. The van der Waals surface area contributed by atoms with Crippen LogP contribution in [-0.2, 0) is 4.74 Å². The second kappa shape index (κ2) is 5.38. The zero-order valence-corrected chi connectivity index (χ0v) is 12.1. The van der Waals surface area contributed by atoms with E-state index in [2.05, 4.69) is 25.1 Å². The summed E-state index contributed by atoms with van der Waals surface area (Å²) in [6, 6.07) is 1.97. The molecule has 7 heteroatoms. The quantitative estimate of drug-likeness (QED) is 0.939. The molecule has 20 heavy (non-hydrogen) atoms. The Labute approximate surface area is 122 Å². The third-order valence-electron chi connectivity index (χ3n) is 3.57. The number of hydrogen-bond acceptors (Lipinski definition) is 5. The van der Waals surface area contributed by atoms with Crippen LogP contribution in [0.5, 0.6) is 0 Å². The molecular weight excluding hydrogens is 278 g/mol. The molecule has 0 saturated carbocycles. The average Bonchev–Trinajstić information content (AvgIpc) is 3.05. The van der Waals surface area contributed by atoms with Crippen molar-refractivity contribution in [2.45, 2.75) is 25.5 Å². The van der Waals surface area contributed by atoms with E-state index < -0.39 is 0 Å². The molecule has 0 amide bonds. The highest BCUT2D eigenvalue weighted by molar-refractivity contribution is 6.33. The average molecular weight is 294 g/mol. The second-order valence-corrected chi connectivity index (χ2v) is 5.27. The van der Waals surface area contributed by atoms with Gasteiger partial charge in [-0.1, -0.05) is 11.6 Å². The summed E-state index contributed by atoms with van der Waals surface area (Å²) in [6.45, 7) is 2.65. The molecule has 0 aromatic carbocycles. The number of aryl methyl sites for hydroxylation is 1. The first-order valence-corrected chi connectivity index (χ1v) is 6.84. The van der Waals surface area contributed by atoms with E-state index in [1.54, 1.807) is 19.5 Å². The van der Waals surface area contributed by atoms with Crippen molar-refractivity contribution in [1.82, 2.24) is 20.2 Å². The molecule has 6 nitrogen and oxygen atoms in total. The first-order valence-electron chi connectivity index (χ1n) is 6.47. The van der Waals surface area contributed by atoms with Gasteiger partial charge in [-0.15, -0.1) is 0 Å². The number of anilines is 1. The monoisotopic (exact) mass is 293 g/mol. The van der Waals surface area contributed by atoms with E-state index in [-0.39, 0.29) is 12.1 Å². The zero-order valence-electron chi connectivity index (χ0n) is 11.4. The first-order chi connectivity index (χ1) is 9.69. The molecule has 0 radical (unpaired) electrons. The molecule has 0 aliphatic carbocycles. The fourth-order valence-corrected chi connectivity index (χ4v) is 2.82. The number of pyridine rings is 1. The third-order valence-corrected chi connectivity index (χ3v) is 3.86. The molecule has 2 atom stereocenters. The minimum atomic E-state index is 0.0600. The predicted molar refractivity (Wildman–Crippen MR) is 75.9 cm³/mol. The molecule has 2 aromatic rings. The molecule has 2 aromatic heterocycles. The van der Waals surface area contributed by atoms with Gasteiger partial charge in [-0.25, -0.2) is 4.98 Å². The predicted octanol–water partition coefficient (Wildman–Crippen LogP) is 2.13. The molecule has 1 N–H and O–H groups in total. The number of aromatic nitrogens is 4. The van der Waals surface area contributed by atoms with Gasteiger partial charge >= 0.3 is 0 Å². The minimum Gasteiger partial charge on any atom is -0.380 e. The Morgan fingerprint density at radius 1 is 1.50 bits per heavy atom. The molecule has 0 unspecified atom stereocenters. The van der Waals surface area contributed by atoms with Crippen LogP contribution < -0.4 is 4.90 Å². The van der Waals surface area contributed by atoms with Crippen molar-refractivity contribution in [3.63, 3.8) is 0 Å². The van der Waals surface area contributed by atoms with Crippen molar-refractivity contribution in [1.29, 1.82) is 0 Å². The summed E-state index contributed by atoms with van der Waals surface area (Å²) in [7, 11) is 1.72.